The number of fused-ring (bicyclic) bond motifs is 1. The van der Waals surface area contributed by atoms with E-state index in [0.29, 0.717) is 5.92 Å². The monoisotopic (exact) mass is 314 g/mol. The summed E-state index contributed by atoms with van der Waals surface area (Å²) in [6, 6.07) is 4.08. The summed E-state index contributed by atoms with van der Waals surface area (Å²) in [5.74, 6) is 2.67. The lowest BCUT2D eigenvalue weighted by atomic mass is 9.95. The molecule has 23 heavy (non-hydrogen) atoms. The lowest BCUT2D eigenvalue weighted by Gasteiger charge is -2.25. The van der Waals surface area contributed by atoms with E-state index in [1.165, 1.54) is 18.7 Å². The number of nitrogens with one attached hydrogen (secondary N) is 1. The Morgan fingerprint density at radius 3 is 2.78 bits per heavy atom. The Bertz CT molecular complexity index is 642. The molecule has 0 atom stereocenters. The van der Waals surface area contributed by atoms with Gasteiger partial charge in [-0.05, 0) is 62.7 Å². The Labute approximate surface area is 137 Å². The summed E-state index contributed by atoms with van der Waals surface area (Å²) in [7, 11) is 0. The van der Waals surface area contributed by atoms with Gasteiger partial charge in [-0.15, -0.1) is 0 Å². The molecule has 0 aromatic carbocycles. The number of ether oxygens (including phenoxy) is 1. The summed E-state index contributed by atoms with van der Waals surface area (Å²) < 4.78 is 7.91. The van der Waals surface area contributed by atoms with Gasteiger partial charge in [-0.25, -0.2) is 9.97 Å². The highest BCUT2D eigenvalue weighted by atomic mass is 16.5. The van der Waals surface area contributed by atoms with Gasteiger partial charge >= 0.3 is 0 Å². The zero-order valence-corrected chi connectivity index (χ0v) is 13.7. The predicted molar refractivity (Wildman–Crippen MR) is 90.4 cm³/mol. The van der Waals surface area contributed by atoms with Gasteiger partial charge in [0.25, 0.3) is 0 Å². The van der Waals surface area contributed by atoms with Gasteiger partial charge in [0, 0.05) is 32.4 Å². The highest BCUT2D eigenvalue weighted by Gasteiger charge is 2.22. The smallest absolute Gasteiger partial charge is 0.159 e. The molecule has 0 amide bonds. The first-order valence-electron chi connectivity index (χ1n) is 8.99. The van der Waals surface area contributed by atoms with E-state index in [0.717, 1.165) is 69.2 Å². The molecule has 2 aliphatic heterocycles. The van der Waals surface area contributed by atoms with Gasteiger partial charge < -0.3 is 14.6 Å². The van der Waals surface area contributed by atoms with E-state index < -0.39 is 0 Å². The molecular formula is C18H26N4O. The molecule has 0 bridgehead atoms. The second kappa shape index (κ2) is 6.97. The van der Waals surface area contributed by atoms with Crippen molar-refractivity contribution in [1.29, 1.82) is 0 Å². The molecule has 0 unspecified atom stereocenters. The predicted octanol–water partition coefficient (Wildman–Crippen LogP) is 2.40. The van der Waals surface area contributed by atoms with Crippen molar-refractivity contribution in [1.82, 2.24) is 19.9 Å². The Kier molecular flexibility index (Phi) is 4.57. The van der Waals surface area contributed by atoms with E-state index in [2.05, 4.69) is 20.9 Å². The molecule has 4 heterocycles. The third-order valence-corrected chi connectivity index (χ3v) is 5.29. The number of nitrogens with zero attached hydrogens (tertiary/aromatic N) is 3. The van der Waals surface area contributed by atoms with Crippen molar-refractivity contribution in [2.75, 3.05) is 26.3 Å². The molecule has 2 aromatic rings. The van der Waals surface area contributed by atoms with Gasteiger partial charge in [-0.2, -0.15) is 0 Å². The molecule has 1 N–H and O–H groups in total. The number of imidazole rings is 1. The number of hydrogen-bond acceptors (Lipinski definition) is 4. The van der Waals surface area contributed by atoms with Crippen LogP contribution < -0.4 is 5.32 Å². The maximum Gasteiger partial charge on any atom is 0.159 e. The van der Waals surface area contributed by atoms with Gasteiger partial charge in [-0.1, -0.05) is 0 Å². The molecule has 124 valence electrons. The van der Waals surface area contributed by atoms with Gasteiger partial charge in [0.1, 0.15) is 11.3 Å². The Hall–Kier alpha value is -1.46. The zero-order chi connectivity index (χ0) is 15.5. The van der Waals surface area contributed by atoms with E-state index in [1.807, 2.05) is 12.3 Å². The van der Waals surface area contributed by atoms with Crippen LogP contribution in [0.15, 0.2) is 18.3 Å². The minimum atomic E-state index is 0.701. The first kappa shape index (κ1) is 15.1. The summed E-state index contributed by atoms with van der Waals surface area (Å²) >= 11 is 0. The second-order valence-electron chi connectivity index (χ2n) is 6.94. The van der Waals surface area contributed by atoms with Crippen LogP contribution in [-0.4, -0.2) is 40.8 Å². The molecule has 2 aromatic heterocycles. The topological polar surface area (TPSA) is 52.0 Å². The second-order valence-corrected chi connectivity index (χ2v) is 6.94. The maximum atomic E-state index is 5.50. The summed E-state index contributed by atoms with van der Waals surface area (Å²) in [6.07, 6.45) is 7.77. The van der Waals surface area contributed by atoms with Crippen LogP contribution in [0.25, 0.3) is 11.2 Å². The molecule has 2 fully saturated rings. The van der Waals surface area contributed by atoms with Crippen molar-refractivity contribution in [3.05, 3.63) is 24.2 Å². The van der Waals surface area contributed by atoms with Gasteiger partial charge in [-0.3, -0.25) is 0 Å². The van der Waals surface area contributed by atoms with E-state index >= 15 is 0 Å². The van der Waals surface area contributed by atoms with Crippen LogP contribution in [0.1, 0.15) is 31.5 Å². The average Bonchev–Trinajstić information content (AvgIpc) is 2.94. The Morgan fingerprint density at radius 1 is 1.13 bits per heavy atom. The standard InChI is InChI=1S/C18H26N4O/c1-2-16-18(20-7-1)22(13-15-3-8-19-9-4-15)17(21-16)12-14-5-10-23-11-6-14/h1-2,7,14-15,19H,3-6,8-13H2. The van der Waals surface area contributed by atoms with Crippen LogP contribution in [0.2, 0.25) is 0 Å². The minimum absolute atomic E-state index is 0.701. The summed E-state index contributed by atoms with van der Waals surface area (Å²) in [5, 5.41) is 3.46. The lowest BCUT2D eigenvalue weighted by molar-refractivity contribution is 0.0657. The van der Waals surface area contributed by atoms with Crippen LogP contribution in [-0.2, 0) is 17.7 Å². The van der Waals surface area contributed by atoms with Crippen LogP contribution in [0.4, 0.5) is 0 Å². The number of pyridine rings is 1. The first-order chi connectivity index (χ1) is 11.4. The van der Waals surface area contributed by atoms with Gasteiger partial charge in [0.2, 0.25) is 0 Å². The third-order valence-electron chi connectivity index (χ3n) is 5.29. The first-order valence-corrected chi connectivity index (χ1v) is 8.99. The molecule has 2 aliphatic rings. The van der Waals surface area contributed by atoms with E-state index in [9.17, 15) is 0 Å². The molecule has 4 rings (SSSR count). The number of aromatic nitrogens is 3. The highest BCUT2D eigenvalue weighted by molar-refractivity contribution is 5.71. The van der Waals surface area contributed by atoms with Crippen molar-refractivity contribution in [2.45, 2.75) is 38.6 Å². The van der Waals surface area contributed by atoms with Crippen molar-refractivity contribution in [3.8, 4) is 0 Å². The lowest BCUT2D eigenvalue weighted by Crippen LogP contribution is -2.30. The van der Waals surface area contributed by atoms with E-state index in [1.54, 1.807) is 0 Å². The molecular weight excluding hydrogens is 288 g/mol. The number of piperidine rings is 1. The summed E-state index contributed by atoms with van der Waals surface area (Å²) in [4.78, 5) is 9.54. The average molecular weight is 314 g/mol. The zero-order valence-electron chi connectivity index (χ0n) is 13.7. The molecule has 0 aliphatic carbocycles. The van der Waals surface area contributed by atoms with Crippen molar-refractivity contribution in [3.63, 3.8) is 0 Å². The highest BCUT2D eigenvalue weighted by Crippen LogP contribution is 2.24. The quantitative estimate of drug-likeness (QED) is 0.941. The maximum absolute atomic E-state index is 5.50. The fourth-order valence-electron chi connectivity index (χ4n) is 3.88. The minimum Gasteiger partial charge on any atom is -0.381 e. The van der Waals surface area contributed by atoms with Gasteiger partial charge in [0.15, 0.2) is 5.65 Å². The Balaban J connectivity index is 1.60. The van der Waals surface area contributed by atoms with Crippen molar-refractivity contribution in [2.24, 2.45) is 11.8 Å². The number of hydrogen-bond donors (Lipinski definition) is 1. The normalized spacial score (nSPS) is 21.0. The largest absolute Gasteiger partial charge is 0.381 e. The van der Waals surface area contributed by atoms with Crippen molar-refractivity contribution < 1.29 is 4.74 Å². The SMILES string of the molecule is c1cnc2c(c1)nc(CC1CCOCC1)n2CC1CCNCC1. The number of rotatable bonds is 4. The molecule has 5 heteroatoms. The molecule has 2 saturated heterocycles. The van der Waals surface area contributed by atoms with E-state index in [4.69, 9.17) is 9.72 Å². The fourth-order valence-corrected chi connectivity index (χ4v) is 3.88. The van der Waals surface area contributed by atoms with Crippen molar-refractivity contribution >= 4 is 11.2 Å². The molecule has 0 spiro atoms. The summed E-state index contributed by atoms with van der Waals surface area (Å²) in [5.41, 5.74) is 2.11. The van der Waals surface area contributed by atoms with Crippen LogP contribution in [0.3, 0.4) is 0 Å². The third kappa shape index (κ3) is 3.40. The van der Waals surface area contributed by atoms with Crippen LogP contribution in [0, 0.1) is 11.8 Å². The molecule has 0 saturated carbocycles. The van der Waals surface area contributed by atoms with E-state index in [-0.39, 0.29) is 0 Å². The van der Waals surface area contributed by atoms with Gasteiger partial charge in [0.05, 0.1) is 0 Å². The molecule has 5 nitrogen and oxygen atoms in total. The van der Waals surface area contributed by atoms with Crippen LogP contribution >= 0.6 is 0 Å². The molecule has 0 radical (unpaired) electrons. The summed E-state index contributed by atoms with van der Waals surface area (Å²) in [6.45, 7) is 5.14. The fraction of sp³-hybridized carbons (Fsp3) is 0.667. The van der Waals surface area contributed by atoms with Crippen LogP contribution in [0.5, 0.6) is 0 Å². The Morgan fingerprint density at radius 2 is 1.96 bits per heavy atom.